The van der Waals surface area contributed by atoms with E-state index in [-0.39, 0.29) is 11.8 Å². The summed E-state index contributed by atoms with van der Waals surface area (Å²) in [6.45, 7) is 4.05. The van der Waals surface area contributed by atoms with Crippen LogP contribution in [0.25, 0.3) is 6.08 Å². The Balaban J connectivity index is 2.21. The van der Waals surface area contributed by atoms with Crippen LogP contribution in [0.2, 0.25) is 0 Å². The van der Waals surface area contributed by atoms with E-state index < -0.39 is 5.97 Å². The van der Waals surface area contributed by atoms with Crippen LogP contribution in [0.3, 0.4) is 0 Å². The lowest BCUT2D eigenvalue weighted by Crippen LogP contribution is -2.23. The zero-order chi connectivity index (χ0) is 14.3. The number of carboxylic acid groups (broad SMARTS) is 1. The number of aryl methyl sites for hydroxylation is 1. The van der Waals surface area contributed by atoms with Crippen molar-refractivity contribution < 1.29 is 14.7 Å². The van der Waals surface area contributed by atoms with Gasteiger partial charge in [-0.3, -0.25) is 9.59 Å². The molecule has 0 fully saturated rings. The summed E-state index contributed by atoms with van der Waals surface area (Å²) in [5, 5.41) is 14.3. The number of nitrogens with one attached hydrogen (secondary N) is 1. The quantitative estimate of drug-likeness (QED) is 0.593. The van der Waals surface area contributed by atoms with Crippen LogP contribution >= 0.6 is 11.3 Å². The van der Waals surface area contributed by atoms with E-state index in [2.05, 4.69) is 10.3 Å². The highest BCUT2D eigenvalue weighted by atomic mass is 32.1. The number of carbonyl (C=O) groups is 2. The predicted octanol–water partition coefficient (Wildman–Crippen LogP) is 2.08. The van der Waals surface area contributed by atoms with Gasteiger partial charge in [0.2, 0.25) is 5.91 Å². The number of thiazole rings is 1. The first-order valence-electron chi connectivity index (χ1n) is 6.10. The summed E-state index contributed by atoms with van der Waals surface area (Å²) in [6.07, 6.45) is 4.32. The predicted molar refractivity (Wildman–Crippen MR) is 74.9 cm³/mol. The molecule has 0 saturated heterocycles. The Morgan fingerprint density at radius 3 is 2.89 bits per heavy atom. The minimum absolute atomic E-state index is 0.186. The molecule has 0 spiro atoms. The number of aliphatic carboxylic acids is 1. The van der Waals surface area contributed by atoms with Crippen LogP contribution in [0.15, 0.2) is 11.5 Å². The summed E-state index contributed by atoms with van der Waals surface area (Å²) in [6, 6.07) is 0. The number of amides is 1. The molecule has 1 heterocycles. The summed E-state index contributed by atoms with van der Waals surface area (Å²) in [5.74, 6) is -1.36. The first-order chi connectivity index (χ1) is 8.99. The van der Waals surface area contributed by atoms with Gasteiger partial charge in [-0.05, 0) is 25.8 Å². The maximum Gasteiger partial charge on any atom is 0.306 e. The first kappa shape index (κ1) is 15.4. The molecule has 0 aliphatic rings. The zero-order valence-electron chi connectivity index (χ0n) is 11.0. The van der Waals surface area contributed by atoms with Crippen LogP contribution in [0, 0.1) is 12.8 Å². The van der Waals surface area contributed by atoms with Gasteiger partial charge in [0.25, 0.3) is 0 Å². The van der Waals surface area contributed by atoms with Gasteiger partial charge in [-0.2, -0.15) is 0 Å². The van der Waals surface area contributed by atoms with Gasteiger partial charge in [0.15, 0.2) is 0 Å². The van der Waals surface area contributed by atoms with E-state index >= 15 is 0 Å². The van der Waals surface area contributed by atoms with E-state index in [1.807, 2.05) is 12.3 Å². The van der Waals surface area contributed by atoms with Crippen molar-refractivity contribution in [3.05, 3.63) is 22.2 Å². The molecule has 0 aliphatic carbocycles. The molecule has 1 unspecified atom stereocenters. The van der Waals surface area contributed by atoms with Gasteiger partial charge in [0.05, 0.1) is 16.6 Å². The minimum atomic E-state index is -0.801. The maximum atomic E-state index is 11.5. The molecule has 0 aliphatic heterocycles. The Morgan fingerprint density at radius 1 is 1.58 bits per heavy atom. The van der Waals surface area contributed by atoms with Crippen molar-refractivity contribution in [3.63, 3.8) is 0 Å². The van der Waals surface area contributed by atoms with Gasteiger partial charge in [-0.15, -0.1) is 11.3 Å². The van der Waals surface area contributed by atoms with Crippen LogP contribution in [-0.4, -0.2) is 28.5 Å². The van der Waals surface area contributed by atoms with Crippen molar-refractivity contribution >= 4 is 29.3 Å². The fourth-order valence-corrected chi connectivity index (χ4v) is 2.00. The van der Waals surface area contributed by atoms with Gasteiger partial charge in [0, 0.05) is 18.0 Å². The minimum Gasteiger partial charge on any atom is -0.481 e. The average Bonchev–Trinajstić information content (AvgIpc) is 2.77. The van der Waals surface area contributed by atoms with Crippen LogP contribution in [0.5, 0.6) is 0 Å². The fraction of sp³-hybridized carbons (Fsp3) is 0.462. The molecular weight excluding hydrogens is 264 g/mol. The van der Waals surface area contributed by atoms with E-state index in [4.69, 9.17) is 5.11 Å². The Kier molecular flexibility index (Phi) is 6.21. The lowest BCUT2D eigenvalue weighted by atomic mass is 10.1. The number of rotatable bonds is 7. The summed E-state index contributed by atoms with van der Waals surface area (Å²) in [4.78, 5) is 26.3. The van der Waals surface area contributed by atoms with Crippen molar-refractivity contribution in [3.8, 4) is 0 Å². The average molecular weight is 282 g/mol. The second kappa shape index (κ2) is 7.68. The van der Waals surface area contributed by atoms with E-state index in [0.717, 1.165) is 10.7 Å². The SMILES string of the molecule is Cc1nc(/C=C/C(=O)NCCCC(C)C(=O)O)cs1. The lowest BCUT2D eigenvalue weighted by Gasteiger charge is -2.05. The topological polar surface area (TPSA) is 79.3 Å². The molecule has 1 rings (SSSR count). The molecule has 0 aromatic carbocycles. The molecule has 0 bridgehead atoms. The largest absolute Gasteiger partial charge is 0.481 e. The van der Waals surface area contributed by atoms with E-state index in [9.17, 15) is 9.59 Å². The second-order valence-corrected chi connectivity index (χ2v) is 5.36. The number of carbonyl (C=O) groups excluding carboxylic acids is 1. The molecule has 1 atom stereocenters. The number of aromatic nitrogens is 1. The molecule has 19 heavy (non-hydrogen) atoms. The van der Waals surface area contributed by atoms with Crippen LogP contribution in [0.4, 0.5) is 0 Å². The molecule has 0 radical (unpaired) electrons. The number of carboxylic acids is 1. The van der Waals surface area contributed by atoms with Crippen molar-refractivity contribution in [1.82, 2.24) is 10.3 Å². The third-order valence-electron chi connectivity index (χ3n) is 2.58. The van der Waals surface area contributed by atoms with Crippen molar-refractivity contribution in [2.75, 3.05) is 6.54 Å². The molecule has 2 N–H and O–H groups in total. The highest BCUT2D eigenvalue weighted by molar-refractivity contribution is 7.09. The fourth-order valence-electron chi connectivity index (χ4n) is 1.42. The summed E-state index contributed by atoms with van der Waals surface area (Å²) in [5.41, 5.74) is 0.775. The third kappa shape index (κ3) is 6.15. The van der Waals surface area contributed by atoms with Gasteiger partial charge < -0.3 is 10.4 Å². The Hall–Kier alpha value is -1.69. The molecule has 104 valence electrons. The molecule has 1 amide bonds. The zero-order valence-corrected chi connectivity index (χ0v) is 11.9. The number of nitrogens with zero attached hydrogens (tertiary/aromatic N) is 1. The summed E-state index contributed by atoms with van der Waals surface area (Å²) < 4.78 is 0. The molecule has 0 saturated carbocycles. The van der Waals surface area contributed by atoms with Crippen molar-refractivity contribution in [1.29, 1.82) is 0 Å². The first-order valence-corrected chi connectivity index (χ1v) is 6.98. The monoisotopic (exact) mass is 282 g/mol. The van der Waals surface area contributed by atoms with Gasteiger partial charge in [0.1, 0.15) is 0 Å². The smallest absolute Gasteiger partial charge is 0.306 e. The van der Waals surface area contributed by atoms with E-state index in [0.29, 0.717) is 19.4 Å². The van der Waals surface area contributed by atoms with Crippen molar-refractivity contribution in [2.45, 2.75) is 26.7 Å². The normalized spacial score (nSPS) is 12.5. The van der Waals surface area contributed by atoms with Crippen molar-refractivity contribution in [2.24, 2.45) is 5.92 Å². The molecule has 1 aromatic heterocycles. The Bertz CT molecular complexity index is 468. The van der Waals surface area contributed by atoms with Crippen LogP contribution in [-0.2, 0) is 9.59 Å². The van der Waals surface area contributed by atoms with Gasteiger partial charge >= 0.3 is 5.97 Å². The number of hydrogen-bond acceptors (Lipinski definition) is 4. The third-order valence-corrected chi connectivity index (χ3v) is 3.37. The molecule has 6 heteroatoms. The van der Waals surface area contributed by atoms with Crippen LogP contribution < -0.4 is 5.32 Å². The molecule has 1 aromatic rings. The Labute approximate surface area is 116 Å². The highest BCUT2D eigenvalue weighted by Gasteiger charge is 2.09. The summed E-state index contributed by atoms with van der Waals surface area (Å²) >= 11 is 1.53. The second-order valence-electron chi connectivity index (χ2n) is 4.30. The van der Waals surface area contributed by atoms with Gasteiger partial charge in [-0.25, -0.2) is 4.98 Å². The van der Waals surface area contributed by atoms with Gasteiger partial charge in [-0.1, -0.05) is 6.92 Å². The van der Waals surface area contributed by atoms with E-state index in [1.54, 1.807) is 13.0 Å². The summed E-state index contributed by atoms with van der Waals surface area (Å²) in [7, 11) is 0. The van der Waals surface area contributed by atoms with E-state index in [1.165, 1.54) is 17.4 Å². The maximum absolute atomic E-state index is 11.5. The Morgan fingerprint density at radius 2 is 2.32 bits per heavy atom. The number of hydrogen-bond donors (Lipinski definition) is 2. The highest BCUT2D eigenvalue weighted by Crippen LogP contribution is 2.09. The van der Waals surface area contributed by atoms with Crippen LogP contribution in [0.1, 0.15) is 30.5 Å². The lowest BCUT2D eigenvalue weighted by molar-refractivity contribution is -0.141. The molecule has 5 nitrogen and oxygen atoms in total. The standard InChI is InChI=1S/C13H18N2O3S/c1-9(13(17)18)4-3-7-14-12(16)6-5-11-8-19-10(2)15-11/h5-6,8-9H,3-4,7H2,1-2H3,(H,14,16)(H,17,18)/b6-5+. The molecular formula is C13H18N2O3S.